The van der Waals surface area contributed by atoms with E-state index in [-0.39, 0.29) is 0 Å². The Labute approximate surface area is 175 Å². The first-order valence-corrected chi connectivity index (χ1v) is 8.50. The molecule has 0 aromatic heterocycles. The van der Waals surface area contributed by atoms with Crippen molar-refractivity contribution in [2.24, 2.45) is 11.5 Å². The maximum Gasteiger partial charge on any atom is 0.248 e. The third kappa shape index (κ3) is 11.4. The molecule has 2 aromatic rings. The van der Waals surface area contributed by atoms with E-state index >= 15 is 0 Å². The molecule has 0 bridgehead atoms. The number of amides is 2. The standard InChI is InChI=1S/C10H8N2O.C9H7NO.C4H7NO/c11-7-1-2-8-3-5-9(6-4-8)10(12)13;1-2-7-3-5-8(6-4-7)9(10)11;1-4(2,6)3-5/h1-6H,(H2,12,13);1,3-6H,(H2,10,11);6H,1-2H3/b2-1+;;. The number of carbonyl (C=O) groups excluding carboxylic acids is 2. The molecule has 0 aliphatic rings. The van der Waals surface area contributed by atoms with Crippen LogP contribution in [0.3, 0.4) is 0 Å². The van der Waals surface area contributed by atoms with Gasteiger partial charge in [-0.2, -0.15) is 10.5 Å². The molecule has 0 fully saturated rings. The van der Waals surface area contributed by atoms with Crippen molar-refractivity contribution < 1.29 is 14.7 Å². The van der Waals surface area contributed by atoms with Gasteiger partial charge in [-0.1, -0.05) is 18.1 Å². The summed E-state index contributed by atoms with van der Waals surface area (Å²) in [5.41, 5.74) is 11.5. The number of aliphatic hydroxyl groups is 1. The molecule has 0 saturated carbocycles. The molecular formula is C23H22N4O3. The maximum absolute atomic E-state index is 10.7. The summed E-state index contributed by atoms with van der Waals surface area (Å²) in [7, 11) is 0. The Balaban J connectivity index is 0.000000450. The number of hydrogen-bond donors (Lipinski definition) is 3. The van der Waals surface area contributed by atoms with Crippen molar-refractivity contribution in [1.29, 1.82) is 10.5 Å². The highest BCUT2D eigenvalue weighted by Crippen LogP contribution is 2.05. The quantitative estimate of drug-likeness (QED) is 0.408. The number of allylic oxidation sites excluding steroid dienone is 1. The van der Waals surface area contributed by atoms with Gasteiger partial charge in [0.2, 0.25) is 11.8 Å². The highest BCUT2D eigenvalue weighted by atomic mass is 16.3. The second-order valence-corrected chi connectivity index (χ2v) is 6.21. The van der Waals surface area contributed by atoms with Gasteiger partial charge in [0.05, 0.1) is 12.1 Å². The van der Waals surface area contributed by atoms with Gasteiger partial charge in [-0.3, -0.25) is 9.59 Å². The molecular weight excluding hydrogens is 380 g/mol. The van der Waals surface area contributed by atoms with Crippen LogP contribution in [0, 0.1) is 35.0 Å². The first-order valence-electron chi connectivity index (χ1n) is 8.50. The summed E-state index contributed by atoms with van der Waals surface area (Å²) in [6.07, 6.45) is 8.14. The average molecular weight is 402 g/mol. The number of carbonyl (C=O) groups is 2. The number of rotatable bonds is 3. The first kappa shape index (κ1) is 25.6. The van der Waals surface area contributed by atoms with Gasteiger partial charge >= 0.3 is 0 Å². The summed E-state index contributed by atoms with van der Waals surface area (Å²) < 4.78 is 0. The Bertz CT molecular complexity index is 995. The van der Waals surface area contributed by atoms with Crippen LogP contribution in [0.4, 0.5) is 0 Å². The van der Waals surface area contributed by atoms with Crippen molar-refractivity contribution in [1.82, 2.24) is 0 Å². The highest BCUT2D eigenvalue weighted by molar-refractivity contribution is 5.93. The SMILES string of the molecule is C#Cc1ccc(C(N)=O)cc1.CC(C)(O)C#N.N#C/C=C/c1ccc(C(N)=O)cc1. The van der Waals surface area contributed by atoms with E-state index in [2.05, 4.69) is 5.92 Å². The van der Waals surface area contributed by atoms with E-state index in [0.717, 1.165) is 11.1 Å². The third-order valence-electron chi connectivity index (χ3n) is 3.16. The number of terminal acetylenes is 1. The van der Waals surface area contributed by atoms with Gasteiger partial charge in [-0.05, 0) is 61.9 Å². The monoisotopic (exact) mass is 402 g/mol. The van der Waals surface area contributed by atoms with Crippen LogP contribution < -0.4 is 11.5 Å². The zero-order valence-corrected chi connectivity index (χ0v) is 16.7. The molecule has 0 radical (unpaired) electrons. The summed E-state index contributed by atoms with van der Waals surface area (Å²) in [4.78, 5) is 21.2. The van der Waals surface area contributed by atoms with Gasteiger partial charge in [0.1, 0.15) is 5.60 Å². The summed E-state index contributed by atoms with van der Waals surface area (Å²) >= 11 is 0. The average Bonchev–Trinajstić information content (AvgIpc) is 2.73. The minimum Gasteiger partial charge on any atom is -0.376 e. The van der Waals surface area contributed by atoms with Gasteiger partial charge in [0.25, 0.3) is 0 Å². The van der Waals surface area contributed by atoms with Crippen LogP contribution in [0.2, 0.25) is 0 Å². The molecule has 7 heteroatoms. The van der Waals surface area contributed by atoms with E-state index in [0.29, 0.717) is 11.1 Å². The van der Waals surface area contributed by atoms with Gasteiger partial charge in [-0.15, -0.1) is 6.42 Å². The lowest BCUT2D eigenvalue weighted by atomic mass is 10.1. The molecule has 7 nitrogen and oxygen atoms in total. The molecule has 0 saturated heterocycles. The lowest BCUT2D eigenvalue weighted by Crippen LogP contribution is -2.13. The minimum absolute atomic E-state index is 0.437. The van der Waals surface area contributed by atoms with Gasteiger partial charge in [0.15, 0.2) is 0 Å². The lowest BCUT2D eigenvalue weighted by molar-refractivity contribution is 0.0992. The second kappa shape index (κ2) is 12.9. The normalized spacial score (nSPS) is 9.47. The molecule has 0 aliphatic heterocycles. The number of nitriles is 2. The minimum atomic E-state index is -1.15. The molecule has 0 spiro atoms. The predicted molar refractivity (Wildman–Crippen MR) is 114 cm³/mol. The summed E-state index contributed by atoms with van der Waals surface area (Å²) in [6, 6.07) is 16.8. The zero-order valence-electron chi connectivity index (χ0n) is 16.7. The van der Waals surface area contributed by atoms with E-state index in [1.54, 1.807) is 60.7 Å². The van der Waals surface area contributed by atoms with Crippen molar-refractivity contribution in [3.63, 3.8) is 0 Å². The number of nitrogens with zero attached hydrogens (tertiary/aromatic N) is 2. The number of primary amides is 2. The topological polar surface area (TPSA) is 154 Å². The van der Waals surface area contributed by atoms with E-state index in [9.17, 15) is 9.59 Å². The fourth-order valence-electron chi connectivity index (χ4n) is 1.62. The van der Waals surface area contributed by atoms with Crippen molar-refractivity contribution in [2.75, 3.05) is 0 Å². The molecule has 2 rings (SSSR count). The fourth-order valence-corrected chi connectivity index (χ4v) is 1.62. The Hall–Kier alpha value is -4.38. The lowest BCUT2D eigenvalue weighted by Gasteiger charge is -2.00. The highest BCUT2D eigenvalue weighted by Gasteiger charge is 2.07. The molecule has 0 aliphatic carbocycles. The van der Waals surface area contributed by atoms with Crippen LogP contribution in [0.25, 0.3) is 6.08 Å². The molecule has 5 N–H and O–H groups in total. The van der Waals surface area contributed by atoms with Crippen LogP contribution in [-0.2, 0) is 0 Å². The molecule has 30 heavy (non-hydrogen) atoms. The van der Waals surface area contributed by atoms with Crippen molar-refractivity contribution in [3.05, 3.63) is 76.9 Å². The van der Waals surface area contributed by atoms with Crippen LogP contribution in [0.5, 0.6) is 0 Å². The van der Waals surface area contributed by atoms with Gasteiger partial charge in [0, 0.05) is 22.8 Å². The predicted octanol–water partition coefficient (Wildman–Crippen LogP) is 2.37. The summed E-state index contributed by atoms with van der Waals surface area (Å²) in [5.74, 6) is 1.56. The smallest absolute Gasteiger partial charge is 0.248 e. The second-order valence-electron chi connectivity index (χ2n) is 6.21. The number of benzene rings is 2. The molecule has 0 atom stereocenters. The Morgan fingerprint density at radius 2 is 1.37 bits per heavy atom. The number of hydrogen-bond acceptors (Lipinski definition) is 5. The first-order chi connectivity index (χ1) is 14.0. The molecule has 2 aromatic carbocycles. The molecule has 0 heterocycles. The van der Waals surface area contributed by atoms with Crippen LogP contribution in [0.15, 0.2) is 54.6 Å². The Morgan fingerprint density at radius 3 is 1.67 bits per heavy atom. The van der Waals surface area contributed by atoms with Crippen molar-refractivity contribution in [2.45, 2.75) is 19.4 Å². The molecule has 2 amide bonds. The summed E-state index contributed by atoms with van der Waals surface area (Å²) in [6.45, 7) is 2.88. The fraction of sp³-hybridized carbons (Fsp3) is 0.130. The summed E-state index contributed by atoms with van der Waals surface area (Å²) in [5, 5.41) is 24.6. The largest absolute Gasteiger partial charge is 0.376 e. The van der Waals surface area contributed by atoms with E-state index in [4.69, 9.17) is 33.5 Å². The van der Waals surface area contributed by atoms with Gasteiger partial charge in [-0.25, -0.2) is 0 Å². The van der Waals surface area contributed by atoms with Crippen molar-refractivity contribution in [3.8, 4) is 24.5 Å². The number of nitrogens with two attached hydrogens (primary N) is 2. The van der Waals surface area contributed by atoms with E-state index < -0.39 is 17.4 Å². The molecule has 152 valence electrons. The molecule has 0 unspecified atom stereocenters. The third-order valence-corrected chi connectivity index (χ3v) is 3.16. The zero-order chi connectivity index (χ0) is 23.2. The van der Waals surface area contributed by atoms with E-state index in [1.807, 2.05) is 6.07 Å². The van der Waals surface area contributed by atoms with Crippen LogP contribution in [0.1, 0.15) is 45.7 Å². The van der Waals surface area contributed by atoms with Crippen LogP contribution in [-0.4, -0.2) is 22.5 Å². The Morgan fingerprint density at radius 1 is 0.967 bits per heavy atom. The van der Waals surface area contributed by atoms with Crippen LogP contribution >= 0.6 is 0 Å². The Kier molecular flexibility index (Phi) is 11.0. The van der Waals surface area contributed by atoms with E-state index in [1.165, 1.54) is 19.9 Å². The maximum atomic E-state index is 10.7. The van der Waals surface area contributed by atoms with Crippen molar-refractivity contribution >= 4 is 17.9 Å². The van der Waals surface area contributed by atoms with Gasteiger partial charge < -0.3 is 16.6 Å².